The van der Waals surface area contributed by atoms with Gasteiger partial charge in [0.15, 0.2) is 5.76 Å². The van der Waals surface area contributed by atoms with Gasteiger partial charge >= 0.3 is 0 Å². The molecule has 1 saturated carbocycles. The van der Waals surface area contributed by atoms with Gasteiger partial charge in [0.25, 0.3) is 5.91 Å². The maximum atomic E-state index is 12.8. The second kappa shape index (κ2) is 7.52. The third kappa shape index (κ3) is 3.46. The van der Waals surface area contributed by atoms with Crippen LogP contribution >= 0.6 is 0 Å². The number of hydrogen-bond acceptors (Lipinski definition) is 4. The lowest BCUT2D eigenvalue weighted by atomic mass is 9.86. The van der Waals surface area contributed by atoms with Crippen molar-refractivity contribution in [3.05, 3.63) is 29.5 Å². The van der Waals surface area contributed by atoms with Crippen molar-refractivity contribution >= 4 is 26.9 Å². The van der Waals surface area contributed by atoms with Crippen LogP contribution in [0.4, 0.5) is 0 Å². The zero-order valence-corrected chi connectivity index (χ0v) is 17.3. The van der Waals surface area contributed by atoms with Crippen LogP contribution in [0.2, 0.25) is 0 Å². The molecule has 0 unspecified atom stereocenters. The number of aryl methyl sites for hydroxylation is 1. The molecule has 2 fully saturated rings. The van der Waals surface area contributed by atoms with Crippen molar-refractivity contribution in [2.24, 2.45) is 5.92 Å². The molecule has 2 aromatic rings. The summed E-state index contributed by atoms with van der Waals surface area (Å²) in [6.07, 6.45) is 6.26. The highest BCUT2D eigenvalue weighted by atomic mass is 32.2. The van der Waals surface area contributed by atoms with Gasteiger partial charge in [-0.05, 0) is 56.7 Å². The van der Waals surface area contributed by atoms with E-state index in [1.165, 1.54) is 10.7 Å². The van der Waals surface area contributed by atoms with E-state index in [1.54, 1.807) is 18.2 Å². The number of carbonyl (C=O) groups is 1. The van der Waals surface area contributed by atoms with Crippen molar-refractivity contribution < 1.29 is 17.6 Å². The molecule has 1 aliphatic carbocycles. The maximum Gasteiger partial charge on any atom is 0.287 e. The Morgan fingerprint density at radius 1 is 1.14 bits per heavy atom. The Labute approximate surface area is 166 Å². The minimum absolute atomic E-state index is 0.167. The molecule has 1 aromatic carbocycles. The zero-order valence-electron chi connectivity index (χ0n) is 16.5. The van der Waals surface area contributed by atoms with Crippen LogP contribution in [0.1, 0.15) is 61.6 Å². The highest BCUT2D eigenvalue weighted by Gasteiger charge is 2.29. The van der Waals surface area contributed by atoms with E-state index in [0.29, 0.717) is 35.5 Å². The van der Waals surface area contributed by atoms with E-state index >= 15 is 0 Å². The van der Waals surface area contributed by atoms with E-state index in [2.05, 4.69) is 12.2 Å². The van der Waals surface area contributed by atoms with E-state index in [-0.39, 0.29) is 22.6 Å². The predicted octanol–water partition coefficient (Wildman–Crippen LogP) is 3.83. The first-order valence-electron chi connectivity index (χ1n) is 10.2. The Hall–Kier alpha value is -1.86. The molecule has 1 aromatic heterocycles. The Morgan fingerprint density at radius 3 is 2.57 bits per heavy atom. The SMILES string of the molecule is Cc1c(C(=O)N[C@@H]2CCCC[C@@H]2C)oc2ccc(S(=O)(=O)N3CCCC3)cc12. The van der Waals surface area contributed by atoms with Crippen molar-refractivity contribution in [3.8, 4) is 0 Å². The lowest BCUT2D eigenvalue weighted by molar-refractivity contribution is 0.0883. The van der Waals surface area contributed by atoms with Gasteiger partial charge in [-0.1, -0.05) is 19.8 Å². The van der Waals surface area contributed by atoms with Gasteiger partial charge in [-0.25, -0.2) is 8.42 Å². The lowest BCUT2D eigenvalue weighted by Gasteiger charge is -2.29. The topological polar surface area (TPSA) is 79.6 Å². The van der Waals surface area contributed by atoms with Crippen LogP contribution < -0.4 is 5.32 Å². The average molecular weight is 405 g/mol. The molecular weight excluding hydrogens is 376 g/mol. The average Bonchev–Trinajstić information content (AvgIpc) is 3.32. The molecule has 2 aliphatic rings. The van der Waals surface area contributed by atoms with Crippen LogP contribution in [0, 0.1) is 12.8 Å². The number of furan rings is 1. The number of amides is 1. The van der Waals surface area contributed by atoms with Gasteiger partial charge in [-0.2, -0.15) is 4.31 Å². The first-order chi connectivity index (χ1) is 13.4. The first-order valence-corrected chi connectivity index (χ1v) is 11.7. The van der Waals surface area contributed by atoms with Gasteiger partial charge in [0.05, 0.1) is 4.90 Å². The number of benzene rings is 1. The summed E-state index contributed by atoms with van der Waals surface area (Å²) in [4.78, 5) is 13.1. The number of hydrogen-bond donors (Lipinski definition) is 1. The van der Waals surface area contributed by atoms with Crippen LogP contribution in [-0.4, -0.2) is 37.8 Å². The first kappa shape index (κ1) is 19.5. The van der Waals surface area contributed by atoms with Crippen LogP contribution in [0.3, 0.4) is 0 Å². The summed E-state index contributed by atoms with van der Waals surface area (Å²) >= 11 is 0. The summed E-state index contributed by atoms with van der Waals surface area (Å²) < 4.78 is 33.0. The third-order valence-corrected chi connectivity index (χ3v) is 8.14. The third-order valence-electron chi connectivity index (χ3n) is 6.24. The summed E-state index contributed by atoms with van der Waals surface area (Å²) in [5.41, 5.74) is 1.23. The number of fused-ring (bicyclic) bond motifs is 1. The monoisotopic (exact) mass is 404 g/mol. The lowest BCUT2D eigenvalue weighted by Crippen LogP contribution is -2.41. The smallest absolute Gasteiger partial charge is 0.287 e. The Kier molecular flexibility index (Phi) is 5.22. The molecular formula is C21H28N2O4S. The van der Waals surface area contributed by atoms with Gasteiger partial charge in [0.1, 0.15) is 5.58 Å². The van der Waals surface area contributed by atoms with E-state index < -0.39 is 10.0 Å². The van der Waals surface area contributed by atoms with Crippen molar-refractivity contribution in [3.63, 3.8) is 0 Å². The largest absolute Gasteiger partial charge is 0.451 e. The Bertz CT molecular complexity index is 989. The van der Waals surface area contributed by atoms with E-state index in [9.17, 15) is 13.2 Å². The van der Waals surface area contributed by atoms with Crippen molar-refractivity contribution in [1.82, 2.24) is 9.62 Å². The molecule has 2 heterocycles. The molecule has 7 heteroatoms. The summed E-state index contributed by atoms with van der Waals surface area (Å²) in [6, 6.07) is 5.04. The molecule has 1 saturated heterocycles. The fourth-order valence-corrected chi connectivity index (χ4v) is 5.96. The minimum Gasteiger partial charge on any atom is -0.451 e. The summed E-state index contributed by atoms with van der Waals surface area (Å²) in [5.74, 6) is 0.527. The highest BCUT2D eigenvalue weighted by molar-refractivity contribution is 7.89. The van der Waals surface area contributed by atoms with Crippen LogP contribution in [0.5, 0.6) is 0 Å². The van der Waals surface area contributed by atoms with Crippen LogP contribution in [0.25, 0.3) is 11.0 Å². The number of nitrogens with zero attached hydrogens (tertiary/aromatic N) is 1. The van der Waals surface area contributed by atoms with Gasteiger partial charge in [-0.3, -0.25) is 4.79 Å². The van der Waals surface area contributed by atoms with E-state index in [1.807, 2.05) is 6.92 Å². The number of rotatable bonds is 4. The minimum atomic E-state index is -3.50. The molecule has 28 heavy (non-hydrogen) atoms. The molecule has 0 bridgehead atoms. The molecule has 4 rings (SSSR count). The standard InChI is InChI=1S/C21H28N2O4S/c1-14-7-3-4-8-18(14)22-21(24)20-15(2)17-13-16(9-10-19(17)27-20)28(25,26)23-11-5-6-12-23/h9-10,13-14,18H,3-8,11-12H2,1-2H3,(H,22,24)/t14-,18+/m0/s1. The van der Waals surface area contributed by atoms with Crippen molar-refractivity contribution in [2.45, 2.75) is 63.3 Å². The van der Waals surface area contributed by atoms with Gasteiger partial charge < -0.3 is 9.73 Å². The summed E-state index contributed by atoms with van der Waals surface area (Å²) in [6.45, 7) is 5.12. The van der Waals surface area contributed by atoms with Crippen LogP contribution in [-0.2, 0) is 10.0 Å². The second-order valence-electron chi connectivity index (χ2n) is 8.17. The second-order valence-corrected chi connectivity index (χ2v) is 10.1. The molecule has 1 amide bonds. The molecule has 6 nitrogen and oxygen atoms in total. The predicted molar refractivity (Wildman–Crippen MR) is 108 cm³/mol. The molecule has 0 spiro atoms. The normalized spacial score (nSPS) is 23.9. The summed E-state index contributed by atoms with van der Waals surface area (Å²) in [7, 11) is -3.50. The number of nitrogens with one attached hydrogen (secondary N) is 1. The number of sulfonamides is 1. The fourth-order valence-electron chi connectivity index (χ4n) is 4.42. The quantitative estimate of drug-likeness (QED) is 0.840. The highest BCUT2D eigenvalue weighted by Crippen LogP contribution is 2.30. The molecule has 2 atom stereocenters. The Morgan fingerprint density at radius 2 is 1.86 bits per heavy atom. The molecule has 0 radical (unpaired) electrons. The van der Waals surface area contributed by atoms with Crippen molar-refractivity contribution in [1.29, 1.82) is 0 Å². The molecule has 1 aliphatic heterocycles. The van der Waals surface area contributed by atoms with Crippen molar-refractivity contribution in [2.75, 3.05) is 13.1 Å². The number of carbonyl (C=O) groups excluding carboxylic acids is 1. The van der Waals surface area contributed by atoms with Gasteiger partial charge in [-0.15, -0.1) is 0 Å². The van der Waals surface area contributed by atoms with Gasteiger partial charge in [0, 0.05) is 30.1 Å². The van der Waals surface area contributed by atoms with E-state index in [0.717, 1.165) is 32.1 Å². The maximum absolute atomic E-state index is 12.8. The van der Waals surface area contributed by atoms with E-state index in [4.69, 9.17) is 4.42 Å². The molecule has 1 N–H and O–H groups in total. The Balaban J connectivity index is 1.62. The summed E-state index contributed by atoms with van der Waals surface area (Å²) in [5, 5.41) is 3.80. The zero-order chi connectivity index (χ0) is 19.9. The fraction of sp³-hybridized carbons (Fsp3) is 0.571. The van der Waals surface area contributed by atoms with Gasteiger partial charge in [0.2, 0.25) is 10.0 Å². The molecule has 152 valence electrons. The van der Waals surface area contributed by atoms with Crippen LogP contribution in [0.15, 0.2) is 27.5 Å².